The molecule has 1 aromatic carbocycles. The van der Waals surface area contributed by atoms with Crippen LogP contribution in [0.15, 0.2) is 30.3 Å². The molecule has 1 aliphatic heterocycles. The van der Waals surface area contributed by atoms with Crippen LogP contribution in [0.3, 0.4) is 0 Å². The van der Waals surface area contributed by atoms with Gasteiger partial charge in [-0.15, -0.1) is 0 Å². The Labute approximate surface area is 79.5 Å². The van der Waals surface area contributed by atoms with Gasteiger partial charge in [0.25, 0.3) is 0 Å². The first-order chi connectivity index (χ1) is 6.21. The van der Waals surface area contributed by atoms with E-state index in [2.05, 4.69) is 6.92 Å². The molecular formula is C11H15OP. The Bertz CT molecular complexity index is 331. The van der Waals surface area contributed by atoms with Crippen molar-refractivity contribution in [1.82, 2.24) is 0 Å². The van der Waals surface area contributed by atoms with Gasteiger partial charge in [-0.25, -0.2) is 0 Å². The van der Waals surface area contributed by atoms with Crippen molar-refractivity contribution in [1.29, 1.82) is 0 Å². The summed E-state index contributed by atoms with van der Waals surface area (Å²) in [4.78, 5) is 0. The van der Waals surface area contributed by atoms with Crippen molar-refractivity contribution in [2.45, 2.75) is 13.3 Å². The van der Waals surface area contributed by atoms with Crippen LogP contribution < -0.4 is 5.30 Å². The van der Waals surface area contributed by atoms with E-state index in [9.17, 15) is 4.57 Å². The van der Waals surface area contributed by atoms with Gasteiger partial charge in [0.05, 0.1) is 0 Å². The highest BCUT2D eigenvalue weighted by molar-refractivity contribution is 7.71. The van der Waals surface area contributed by atoms with Crippen molar-refractivity contribution in [3.05, 3.63) is 30.3 Å². The predicted molar refractivity (Wildman–Crippen MR) is 57.2 cm³/mol. The summed E-state index contributed by atoms with van der Waals surface area (Å²) >= 11 is 0. The number of rotatable bonds is 1. The molecule has 1 nitrogen and oxygen atoms in total. The molecule has 2 atom stereocenters. The second-order valence-electron chi connectivity index (χ2n) is 4.02. The third kappa shape index (κ3) is 1.71. The van der Waals surface area contributed by atoms with Gasteiger partial charge in [-0.2, -0.15) is 0 Å². The van der Waals surface area contributed by atoms with E-state index >= 15 is 0 Å². The summed E-state index contributed by atoms with van der Waals surface area (Å²) in [5.41, 5.74) is 0. The van der Waals surface area contributed by atoms with Gasteiger partial charge in [-0.1, -0.05) is 37.3 Å². The summed E-state index contributed by atoms with van der Waals surface area (Å²) in [5, 5.41) is 1.08. The molecule has 0 spiro atoms. The Balaban J connectivity index is 2.32. The highest BCUT2D eigenvalue weighted by atomic mass is 31.2. The van der Waals surface area contributed by atoms with Crippen molar-refractivity contribution < 1.29 is 4.57 Å². The number of hydrogen-bond donors (Lipinski definition) is 0. The van der Waals surface area contributed by atoms with Gasteiger partial charge >= 0.3 is 0 Å². The normalized spacial score (nSPS) is 33.5. The number of hydrogen-bond acceptors (Lipinski definition) is 1. The Morgan fingerprint density at radius 1 is 1.31 bits per heavy atom. The quantitative estimate of drug-likeness (QED) is 0.628. The van der Waals surface area contributed by atoms with Crippen LogP contribution in [0.1, 0.15) is 13.3 Å². The molecule has 0 saturated carbocycles. The van der Waals surface area contributed by atoms with Crippen LogP contribution in [0.5, 0.6) is 0 Å². The lowest BCUT2D eigenvalue weighted by molar-refractivity contribution is 0.583. The van der Waals surface area contributed by atoms with Crippen molar-refractivity contribution in [3.8, 4) is 0 Å². The van der Waals surface area contributed by atoms with E-state index in [1.807, 2.05) is 30.3 Å². The summed E-state index contributed by atoms with van der Waals surface area (Å²) in [7, 11) is -1.98. The van der Waals surface area contributed by atoms with Crippen molar-refractivity contribution in [2.24, 2.45) is 5.92 Å². The van der Waals surface area contributed by atoms with Gasteiger partial charge in [0.1, 0.15) is 7.14 Å². The standard InChI is InChI=1S/C11H15OP/c1-10-7-8-13(12,9-10)11-5-3-2-4-6-11/h2-6,10H,7-9H2,1H3. The van der Waals surface area contributed by atoms with Gasteiger partial charge < -0.3 is 4.57 Å². The number of benzene rings is 1. The van der Waals surface area contributed by atoms with Crippen molar-refractivity contribution in [2.75, 3.05) is 12.3 Å². The monoisotopic (exact) mass is 194 g/mol. The molecule has 1 heterocycles. The first-order valence-corrected chi connectivity index (χ1v) is 6.92. The molecule has 1 fully saturated rings. The van der Waals surface area contributed by atoms with Crippen LogP contribution in [-0.4, -0.2) is 12.3 Å². The molecule has 2 rings (SSSR count). The van der Waals surface area contributed by atoms with E-state index < -0.39 is 7.14 Å². The highest BCUT2D eigenvalue weighted by Gasteiger charge is 2.32. The summed E-state index contributed by atoms with van der Waals surface area (Å²) in [6.07, 6.45) is 2.96. The molecule has 0 amide bonds. The minimum Gasteiger partial charge on any atom is -0.319 e. The Kier molecular flexibility index (Phi) is 2.29. The van der Waals surface area contributed by atoms with E-state index in [0.717, 1.165) is 24.0 Å². The maximum absolute atomic E-state index is 12.4. The van der Waals surface area contributed by atoms with E-state index in [-0.39, 0.29) is 0 Å². The molecule has 1 aliphatic rings. The molecule has 0 bridgehead atoms. The second kappa shape index (κ2) is 3.31. The van der Waals surface area contributed by atoms with Crippen LogP contribution in [0.4, 0.5) is 0 Å². The molecule has 0 N–H and O–H groups in total. The van der Waals surface area contributed by atoms with E-state index in [1.54, 1.807) is 0 Å². The van der Waals surface area contributed by atoms with Crippen LogP contribution in [0.2, 0.25) is 0 Å². The molecule has 0 radical (unpaired) electrons. The van der Waals surface area contributed by atoms with Crippen LogP contribution in [0.25, 0.3) is 0 Å². The SMILES string of the molecule is CC1CCP(=O)(c2ccccc2)C1. The minimum atomic E-state index is -1.98. The molecule has 13 heavy (non-hydrogen) atoms. The largest absolute Gasteiger partial charge is 0.319 e. The molecule has 0 aliphatic carbocycles. The Morgan fingerprint density at radius 2 is 2.00 bits per heavy atom. The lowest BCUT2D eigenvalue weighted by Gasteiger charge is -2.10. The van der Waals surface area contributed by atoms with E-state index in [0.29, 0.717) is 5.92 Å². The molecule has 1 saturated heterocycles. The summed E-state index contributed by atoms with van der Waals surface area (Å²) < 4.78 is 12.4. The summed E-state index contributed by atoms with van der Waals surface area (Å²) in [5.74, 6) is 0.644. The maximum atomic E-state index is 12.4. The average Bonchev–Trinajstić information content (AvgIpc) is 2.49. The first kappa shape index (κ1) is 9.02. The fourth-order valence-electron chi connectivity index (χ4n) is 2.05. The van der Waals surface area contributed by atoms with Crippen LogP contribution in [0, 0.1) is 5.92 Å². The molecule has 2 unspecified atom stereocenters. The fourth-order valence-corrected chi connectivity index (χ4v) is 5.46. The zero-order valence-corrected chi connectivity index (χ0v) is 8.84. The third-order valence-corrected chi connectivity index (χ3v) is 6.25. The molecule has 70 valence electrons. The van der Waals surface area contributed by atoms with Gasteiger partial charge in [0, 0.05) is 17.6 Å². The zero-order valence-electron chi connectivity index (χ0n) is 7.94. The second-order valence-corrected chi connectivity index (χ2v) is 7.13. The zero-order chi connectivity index (χ0) is 9.31. The molecule has 0 aromatic heterocycles. The predicted octanol–water partition coefficient (Wildman–Crippen LogP) is 2.71. The molecule has 2 heteroatoms. The summed E-state index contributed by atoms with van der Waals surface area (Å²) in [6, 6.07) is 9.97. The van der Waals surface area contributed by atoms with Gasteiger partial charge in [0.15, 0.2) is 0 Å². The lowest BCUT2D eigenvalue weighted by Crippen LogP contribution is -2.05. The molecular weight excluding hydrogens is 179 g/mol. The topological polar surface area (TPSA) is 17.1 Å². The van der Waals surface area contributed by atoms with E-state index in [1.165, 1.54) is 0 Å². The van der Waals surface area contributed by atoms with Crippen LogP contribution >= 0.6 is 7.14 Å². The van der Waals surface area contributed by atoms with Crippen molar-refractivity contribution >= 4 is 12.4 Å². The lowest BCUT2D eigenvalue weighted by atomic mass is 10.2. The Morgan fingerprint density at radius 3 is 2.54 bits per heavy atom. The van der Waals surface area contributed by atoms with Gasteiger partial charge in [-0.3, -0.25) is 0 Å². The molecule has 1 aromatic rings. The minimum absolute atomic E-state index is 0.644. The van der Waals surface area contributed by atoms with E-state index in [4.69, 9.17) is 0 Å². The van der Waals surface area contributed by atoms with Gasteiger partial charge in [-0.05, 0) is 12.3 Å². The van der Waals surface area contributed by atoms with Crippen LogP contribution in [-0.2, 0) is 4.57 Å². The third-order valence-electron chi connectivity index (χ3n) is 2.82. The smallest absolute Gasteiger partial charge is 0.115 e. The average molecular weight is 194 g/mol. The van der Waals surface area contributed by atoms with Crippen molar-refractivity contribution in [3.63, 3.8) is 0 Å². The first-order valence-electron chi connectivity index (χ1n) is 4.84. The maximum Gasteiger partial charge on any atom is 0.115 e. The summed E-state index contributed by atoms with van der Waals surface area (Å²) in [6.45, 7) is 2.20. The van der Waals surface area contributed by atoms with Gasteiger partial charge in [0.2, 0.25) is 0 Å². The Hall–Kier alpha value is -0.550. The highest BCUT2D eigenvalue weighted by Crippen LogP contribution is 2.52. The fraction of sp³-hybridized carbons (Fsp3) is 0.455.